The summed E-state index contributed by atoms with van der Waals surface area (Å²) < 4.78 is 130. The molecular formula is C133H161BN4. The Hall–Kier alpha value is -10.9. The molecule has 716 valence electrons. The molecule has 0 saturated heterocycles. The molecule has 0 spiro atoms. The van der Waals surface area contributed by atoms with Gasteiger partial charge in [0.15, 0.2) is 0 Å². The summed E-state index contributed by atoms with van der Waals surface area (Å²) in [4.78, 5) is 4.90. The highest BCUT2D eigenvalue weighted by molar-refractivity contribution is 7.00. The van der Waals surface area contributed by atoms with Gasteiger partial charge in [-0.05, 0) is 350 Å². The average Bonchev–Trinajstić information content (AvgIpc) is 0.693. The van der Waals surface area contributed by atoms with E-state index >= 15 is 0 Å². The first kappa shape index (κ1) is 84.0. The van der Waals surface area contributed by atoms with Crippen LogP contribution in [-0.2, 0) is 70.3 Å². The van der Waals surface area contributed by atoms with Crippen molar-refractivity contribution >= 4 is 101 Å². The van der Waals surface area contributed by atoms with Crippen LogP contribution in [0.15, 0.2) is 243 Å². The lowest BCUT2D eigenvalue weighted by atomic mass is 9.33. The van der Waals surface area contributed by atoms with E-state index < -0.39 is 82.9 Å². The summed E-state index contributed by atoms with van der Waals surface area (Å²) in [5, 5.41) is 4.56. The van der Waals surface area contributed by atoms with Crippen molar-refractivity contribution in [1.29, 1.82) is 0 Å². The third kappa shape index (κ3) is 22.3. The highest BCUT2D eigenvalue weighted by atomic mass is 15.2. The normalized spacial score (nSPS) is 15.7. The highest BCUT2D eigenvalue weighted by Gasteiger charge is 2.46. The number of aromatic nitrogens is 2. The molecule has 2 aliphatic rings. The van der Waals surface area contributed by atoms with E-state index in [9.17, 15) is 16.4 Å². The maximum atomic E-state index is 11.0. The minimum atomic E-state index is -2.12. The maximum Gasteiger partial charge on any atom is 0.252 e. The smallest absolute Gasteiger partial charge is 0.252 e. The first-order chi connectivity index (χ1) is 68.8. The van der Waals surface area contributed by atoms with Crippen LogP contribution in [0.3, 0.4) is 0 Å². The van der Waals surface area contributed by atoms with Crippen molar-refractivity contribution in [3.05, 3.63) is 304 Å². The summed E-state index contributed by atoms with van der Waals surface area (Å²) in [6, 6.07) is 86.7. The molecule has 17 rings (SSSR count). The van der Waals surface area contributed by atoms with E-state index in [2.05, 4.69) is 256 Å². The van der Waals surface area contributed by atoms with Crippen LogP contribution < -0.4 is 26.2 Å². The van der Waals surface area contributed by atoms with Crippen molar-refractivity contribution in [3.63, 3.8) is 0 Å². The van der Waals surface area contributed by atoms with Crippen LogP contribution >= 0.6 is 0 Å². The molecule has 13 aromatic carbocycles. The zero-order chi connectivity index (χ0) is 110. The van der Waals surface area contributed by atoms with Crippen LogP contribution in [0.5, 0.6) is 0 Å². The van der Waals surface area contributed by atoms with Crippen molar-refractivity contribution in [1.82, 2.24) is 9.13 Å². The van der Waals surface area contributed by atoms with Crippen LogP contribution in [0.25, 0.3) is 99.5 Å². The number of benzene rings is 13. The molecule has 0 atom stereocenters. The molecule has 0 aliphatic carbocycles. The zero-order valence-electron chi connectivity index (χ0n) is 101. The van der Waals surface area contributed by atoms with Crippen LogP contribution in [0, 0.1) is 59.6 Å². The Bertz CT molecular complexity index is 7240. The molecule has 2 aliphatic heterocycles. The third-order valence-corrected chi connectivity index (χ3v) is 25.6. The molecule has 0 amide bonds. The van der Waals surface area contributed by atoms with E-state index in [1.165, 1.54) is 22.3 Å². The second kappa shape index (κ2) is 35.7. The van der Waals surface area contributed by atoms with Crippen LogP contribution in [0.4, 0.5) is 34.1 Å². The van der Waals surface area contributed by atoms with Crippen molar-refractivity contribution in [3.8, 4) is 55.9 Å². The number of hydrogen-bond donors (Lipinski definition) is 0. The Morgan fingerprint density at radius 1 is 0.210 bits per heavy atom. The molecule has 15 aromatic rings. The van der Waals surface area contributed by atoms with E-state index in [1.807, 2.05) is 234 Å². The Balaban J connectivity index is 1.12. The summed E-state index contributed by atoms with van der Waals surface area (Å²) in [6.07, 6.45) is -7.84. The summed E-state index contributed by atoms with van der Waals surface area (Å²) in [5.41, 5.74) is 20.4. The lowest BCUT2D eigenvalue weighted by molar-refractivity contribution is 0.410. The van der Waals surface area contributed by atoms with Crippen molar-refractivity contribution in [2.24, 2.45) is 59.6 Å². The molecule has 0 fully saturated rings. The van der Waals surface area contributed by atoms with Gasteiger partial charge in [0.2, 0.25) is 0 Å². The Kier molecular flexibility index (Phi) is 21.8. The molecule has 4 heterocycles. The average molecular weight is 1840 g/mol. The van der Waals surface area contributed by atoms with Gasteiger partial charge in [-0.3, -0.25) is 0 Å². The molecule has 5 heteroatoms. The fourth-order valence-electron chi connectivity index (χ4n) is 21.5. The van der Waals surface area contributed by atoms with Gasteiger partial charge in [0.05, 0.1) is 33.4 Å². The third-order valence-electron chi connectivity index (χ3n) is 25.6. The molecule has 0 N–H and O–H groups in total. The maximum absolute atomic E-state index is 11.0. The van der Waals surface area contributed by atoms with Gasteiger partial charge in [-0.1, -0.05) is 362 Å². The van der Waals surface area contributed by atoms with Crippen LogP contribution in [0.2, 0.25) is 0 Å². The number of rotatable bonds is 19. The minimum Gasteiger partial charge on any atom is -0.311 e. The molecule has 0 radical (unpaired) electrons. The van der Waals surface area contributed by atoms with Gasteiger partial charge in [-0.2, -0.15) is 0 Å². The van der Waals surface area contributed by atoms with Gasteiger partial charge in [0, 0.05) is 83.2 Å². The largest absolute Gasteiger partial charge is 0.311 e. The standard InChI is InChI=1S/C133H161BN4/c1-123(2,3)74-85-38-34-42-94(58-85)102-72-116(104(68-98(102)83-132(28,29)30)96-44-36-40-87(60-96)76-125(7,8)9)137-118-70-100(135-112-54-46-89(78-127(13,14)15)62-106(112)107-63-90(47-55-113(107)135)79-128(16,17)18)50-52-110(118)134-111-53-51-101(136-114-56-48-91(80-129(19,20)21)64-108(114)109-65-92(49-57-115(109)136)81-130(22,23)24)71-119(111)138(121-67-93(82-131(25,26)27)66-120(137)122(121)134)117-73-103(95-43-35-39-86(59-95)75-124(4,5)6)99(84-133(31,32)33)69-105(117)97-45-37-41-88(61-97)77-126(10,11)12/h34-73H,74-84H2,1-33H3/i74D2,75D2,76D2,77D2,83D2,84D2. The monoisotopic (exact) mass is 1840 g/mol. The number of nitrogens with zero attached hydrogens (tertiary/aromatic N) is 4. The summed E-state index contributed by atoms with van der Waals surface area (Å²) in [6.45, 7) is 68.6. The first-order valence-corrected chi connectivity index (χ1v) is 50.8. The van der Waals surface area contributed by atoms with Gasteiger partial charge in [0.25, 0.3) is 6.71 Å². The first-order valence-electron chi connectivity index (χ1n) is 56.8. The lowest BCUT2D eigenvalue weighted by Crippen LogP contribution is -2.61. The van der Waals surface area contributed by atoms with E-state index in [0.29, 0.717) is 95.7 Å². The number of anilines is 6. The van der Waals surface area contributed by atoms with E-state index in [-0.39, 0.29) is 21.7 Å². The van der Waals surface area contributed by atoms with E-state index in [4.69, 9.17) is 0 Å². The van der Waals surface area contributed by atoms with Gasteiger partial charge in [-0.15, -0.1) is 0 Å². The SMILES string of the molecule is [2H]C([2H])(c1cccc(-c2cc(C([2H])([2H])C(C)(C)C)c(-c3cccc(C([2H])([2H])C(C)(C)C)c3)cc2N2c3cc(-n4c5ccc(CC(C)(C)C)cc5c5cc(CC(C)(C)C)ccc54)ccc3B3c4ccc(-n5c6ccc(CC(C)(C)C)cc6c6cc(CC(C)(C)C)ccc65)cc4N(c4cc(-c5cccc(C([2H])([2H])C(C)(C)C)c5)c(C([2H])([2H])C(C)(C)C)cc4-c4cccc(C([2H])([2H])C(C)(C)C)c4)c4cc(CC(C)(C)C)cc2c43)c1)C(C)(C)C. The molecule has 0 unspecified atom stereocenters. The lowest BCUT2D eigenvalue weighted by Gasteiger charge is -2.46. The summed E-state index contributed by atoms with van der Waals surface area (Å²) in [7, 11) is 0. The Morgan fingerprint density at radius 3 is 0.732 bits per heavy atom. The summed E-state index contributed by atoms with van der Waals surface area (Å²) in [5.74, 6) is 0. The number of fused-ring (bicyclic) bond motifs is 10. The minimum absolute atomic E-state index is 0.0216. The van der Waals surface area contributed by atoms with Gasteiger partial charge >= 0.3 is 0 Å². The van der Waals surface area contributed by atoms with Crippen LogP contribution in [0.1, 0.15) is 306 Å². The summed E-state index contributed by atoms with van der Waals surface area (Å²) >= 11 is 0. The quantitative estimate of drug-likeness (QED) is 0.0750. The fourth-order valence-corrected chi connectivity index (χ4v) is 21.5. The van der Waals surface area contributed by atoms with Crippen LogP contribution in [-0.4, -0.2) is 15.8 Å². The molecular weight excluding hydrogens is 1660 g/mol. The number of hydrogen-bond acceptors (Lipinski definition) is 2. The Morgan fingerprint density at radius 2 is 0.471 bits per heavy atom. The predicted octanol–water partition coefficient (Wildman–Crippen LogP) is 36.1. The molecule has 138 heavy (non-hydrogen) atoms. The van der Waals surface area contributed by atoms with E-state index in [0.717, 1.165) is 125 Å². The van der Waals surface area contributed by atoms with Gasteiger partial charge in [0.1, 0.15) is 0 Å². The van der Waals surface area contributed by atoms with Crippen molar-refractivity contribution in [2.75, 3.05) is 9.80 Å². The van der Waals surface area contributed by atoms with Gasteiger partial charge in [-0.25, -0.2) is 0 Å². The Labute approximate surface area is 849 Å². The van der Waals surface area contributed by atoms with Crippen molar-refractivity contribution in [2.45, 2.75) is 299 Å². The highest BCUT2D eigenvalue weighted by Crippen LogP contribution is 2.55. The second-order valence-electron chi connectivity index (χ2n) is 52.8. The molecule has 0 bridgehead atoms. The van der Waals surface area contributed by atoms with Gasteiger partial charge < -0.3 is 18.9 Å². The fraction of sp³-hybridized carbons (Fsp3) is 0.414. The molecule has 0 saturated carbocycles. The topological polar surface area (TPSA) is 16.3 Å². The van der Waals surface area contributed by atoms with Crippen molar-refractivity contribution < 1.29 is 16.4 Å². The van der Waals surface area contributed by atoms with E-state index in [1.54, 1.807) is 0 Å². The molecule has 2 aromatic heterocycles. The molecule has 4 nitrogen and oxygen atoms in total. The second-order valence-corrected chi connectivity index (χ2v) is 52.8. The zero-order valence-corrected chi connectivity index (χ0v) is 89.5. The predicted molar refractivity (Wildman–Crippen MR) is 606 cm³/mol.